The summed E-state index contributed by atoms with van der Waals surface area (Å²) in [5.41, 5.74) is 0.602. The third kappa shape index (κ3) is 3.54. The number of halogens is 1. The topological polar surface area (TPSA) is 113 Å². The Labute approximate surface area is 196 Å². The van der Waals surface area contributed by atoms with Crippen molar-refractivity contribution >= 4 is 34.3 Å². The average Bonchev–Trinajstić information content (AvgIpc) is 3.26. The number of benzene rings is 2. The maximum Gasteiger partial charge on any atom is 0.363 e. The number of para-hydroxylation sites is 1. The van der Waals surface area contributed by atoms with Crippen molar-refractivity contribution in [1.82, 2.24) is 28.9 Å². The Balaban J connectivity index is 1.50. The summed E-state index contributed by atoms with van der Waals surface area (Å²) in [6.07, 6.45) is 0. The molecule has 2 aromatic carbocycles. The van der Waals surface area contributed by atoms with Crippen LogP contribution in [0.15, 0.2) is 64.2 Å². The number of rotatable bonds is 4. The van der Waals surface area contributed by atoms with Gasteiger partial charge in [-0.05, 0) is 43.3 Å². The van der Waals surface area contributed by atoms with Gasteiger partial charge in [-0.25, -0.2) is 9.48 Å². The van der Waals surface area contributed by atoms with Gasteiger partial charge in [0.15, 0.2) is 12.4 Å². The van der Waals surface area contributed by atoms with Crippen molar-refractivity contribution in [1.29, 1.82) is 0 Å². The van der Waals surface area contributed by atoms with E-state index in [1.807, 2.05) is 0 Å². The van der Waals surface area contributed by atoms with Gasteiger partial charge in [-0.1, -0.05) is 23.7 Å². The molecule has 10 nitrogen and oxygen atoms in total. The van der Waals surface area contributed by atoms with E-state index in [2.05, 4.69) is 15.3 Å². The Hall–Kier alpha value is -4.31. The van der Waals surface area contributed by atoms with Gasteiger partial charge in [-0.2, -0.15) is 5.10 Å². The largest absolute Gasteiger partial charge is 0.453 e. The molecular formula is C23H17ClN6O4. The van der Waals surface area contributed by atoms with Gasteiger partial charge in [0.25, 0.3) is 5.56 Å². The van der Waals surface area contributed by atoms with Crippen LogP contribution in [0.4, 0.5) is 0 Å². The first-order valence-corrected chi connectivity index (χ1v) is 10.6. The molecule has 0 unspecified atom stereocenters. The molecule has 0 spiro atoms. The number of hydrogen-bond donors (Lipinski definition) is 0. The molecule has 5 rings (SSSR count). The summed E-state index contributed by atoms with van der Waals surface area (Å²) < 4.78 is 9.85. The number of ether oxygens (including phenoxy) is 1. The molecular weight excluding hydrogens is 460 g/mol. The van der Waals surface area contributed by atoms with Gasteiger partial charge in [0.1, 0.15) is 0 Å². The monoisotopic (exact) mass is 476 g/mol. The first-order chi connectivity index (χ1) is 16.3. The number of esters is 1. The minimum atomic E-state index is -0.904. The van der Waals surface area contributed by atoms with Crippen molar-refractivity contribution in [2.75, 3.05) is 0 Å². The molecule has 0 atom stereocenters. The van der Waals surface area contributed by atoms with Crippen LogP contribution in [0.2, 0.25) is 5.02 Å². The summed E-state index contributed by atoms with van der Waals surface area (Å²) in [5, 5.41) is 13.4. The smallest absolute Gasteiger partial charge is 0.363 e. The van der Waals surface area contributed by atoms with Gasteiger partial charge in [0.05, 0.1) is 16.6 Å². The van der Waals surface area contributed by atoms with Crippen LogP contribution < -0.4 is 11.0 Å². The molecule has 0 radical (unpaired) electrons. The highest BCUT2D eigenvalue weighted by Crippen LogP contribution is 2.16. The summed E-state index contributed by atoms with van der Waals surface area (Å²) >= 11 is 5.95. The third-order valence-corrected chi connectivity index (χ3v) is 5.65. The van der Waals surface area contributed by atoms with Crippen molar-refractivity contribution in [2.24, 2.45) is 7.05 Å². The van der Waals surface area contributed by atoms with E-state index in [1.165, 1.54) is 15.3 Å². The predicted molar refractivity (Wildman–Crippen MR) is 124 cm³/mol. The lowest BCUT2D eigenvalue weighted by Crippen LogP contribution is -2.24. The predicted octanol–water partition coefficient (Wildman–Crippen LogP) is 2.45. The Morgan fingerprint density at radius 1 is 1.06 bits per heavy atom. The van der Waals surface area contributed by atoms with Gasteiger partial charge in [0.2, 0.25) is 16.9 Å². The van der Waals surface area contributed by atoms with Gasteiger partial charge in [-0.15, -0.1) is 10.2 Å². The minimum Gasteiger partial charge on any atom is -0.453 e. The zero-order chi connectivity index (χ0) is 24.0. The Kier molecular flexibility index (Phi) is 5.21. The normalized spacial score (nSPS) is 11.3. The molecule has 0 fully saturated rings. The molecule has 0 aliphatic heterocycles. The van der Waals surface area contributed by atoms with Crippen molar-refractivity contribution in [3.8, 4) is 5.69 Å². The van der Waals surface area contributed by atoms with Crippen molar-refractivity contribution in [2.45, 2.75) is 13.5 Å². The molecule has 170 valence electrons. The fourth-order valence-electron chi connectivity index (χ4n) is 3.72. The van der Waals surface area contributed by atoms with Crippen LogP contribution in [0, 0.1) is 6.92 Å². The van der Waals surface area contributed by atoms with E-state index in [4.69, 9.17) is 16.3 Å². The number of carbonyl (C=O) groups is 1. The lowest BCUT2D eigenvalue weighted by atomic mass is 10.2. The fraction of sp³-hybridized carbons (Fsp3) is 0.130. The molecule has 0 aliphatic carbocycles. The highest BCUT2D eigenvalue weighted by atomic mass is 35.5. The number of nitrogens with zero attached hydrogens (tertiary/aromatic N) is 6. The van der Waals surface area contributed by atoms with Crippen LogP contribution in [0.3, 0.4) is 0 Å². The number of fused-ring (bicyclic) bond motifs is 3. The van der Waals surface area contributed by atoms with Crippen LogP contribution in [0.25, 0.3) is 22.4 Å². The summed E-state index contributed by atoms with van der Waals surface area (Å²) in [4.78, 5) is 37.9. The molecule has 34 heavy (non-hydrogen) atoms. The van der Waals surface area contributed by atoms with Gasteiger partial charge in [0, 0.05) is 23.8 Å². The van der Waals surface area contributed by atoms with Crippen LogP contribution in [-0.4, -0.2) is 34.9 Å². The summed E-state index contributed by atoms with van der Waals surface area (Å²) in [6, 6.07) is 15.1. The summed E-state index contributed by atoms with van der Waals surface area (Å²) in [6.45, 7) is 1.42. The zero-order valence-corrected chi connectivity index (χ0v) is 18.9. The first kappa shape index (κ1) is 21.5. The second kappa shape index (κ2) is 8.23. The van der Waals surface area contributed by atoms with E-state index in [9.17, 15) is 14.4 Å². The molecule has 3 heterocycles. The maximum atomic E-state index is 12.8. The Morgan fingerprint density at radius 2 is 1.79 bits per heavy atom. The van der Waals surface area contributed by atoms with E-state index >= 15 is 0 Å². The fourth-order valence-corrected chi connectivity index (χ4v) is 3.84. The highest BCUT2D eigenvalue weighted by molar-refractivity contribution is 6.30. The molecule has 0 saturated heterocycles. The Bertz CT molecular complexity index is 1700. The molecule has 3 aromatic heterocycles. The number of carbonyl (C=O) groups excluding carboxylic acids is 1. The average molecular weight is 477 g/mol. The van der Waals surface area contributed by atoms with Crippen LogP contribution >= 0.6 is 11.6 Å². The van der Waals surface area contributed by atoms with Gasteiger partial charge >= 0.3 is 5.97 Å². The minimum absolute atomic E-state index is 0.217. The standard InChI is InChI=1S/C23H17ClN6O4/c1-13-11-18(31)20(27-30(13)15-9-7-14(24)8-10-15)22(33)34-12-19-25-26-23-28(2)21(32)16-5-3-4-6-17(16)29(19)23/h3-11H,12H2,1-2H3. The molecule has 0 saturated carbocycles. The SMILES string of the molecule is Cc1cc(=O)c(C(=O)OCc2nnc3n(C)c(=O)c4ccccc4n23)nn1-c1ccc(Cl)cc1. The van der Waals surface area contributed by atoms with Crippen molar-refractivity contribution in [3.63, 3.8) is 0 Å². The maximum absolute atomic E-state index is 12.8. The molecule has 5 aromatic rings. The van der Waals surface area contributed by atoms with Crippen LogP contribution in [0.1, 0.15) is 22.0 Å². The Morgan fingerprint density at radius 3 is 2.56 bits per heavy atom. The van der Waals surface area contributed by atoms with Gasteiger partial charge in [-0.3, -0.25) is 18.6 Å². The number of aryl methyl sites for hydroxylation is 2. The number of hydrogen-bond acceptors (Lipinski definition) is 7. The molecule has 0 aliphatic rings. The van der Waals surface area contributed by atoms with Gasteiger partial charge < -0.3 is 4.74 Å². The van der Waals surface area contributed by atoms with Crippen molar-refractivity contribution < 1.29 is 9.53 Å². The second-order valence-electron chi connectivity index (χ2n) is 7.60. The summed E-state index contributed by atoms with van der Waals surface area (Å²) in [7, 11) is 1.59. The quantitative estimate of drug-likeness (QED) is 0.366. The van der Waals surface area contributed by atoms with E-state index in [-0.39, 0.29) is 17.9 Å². The van der Waals surface area contributed by atoms with Crippen molar-refractivity contribution in [3.05, 3.63) is 97.4 Å². The van der Waals surface area contributed by atoms with E-state index in [0.29, 0.717) is 38.9 Å². The van der Waals surface area contributed by atoms with E-state index < -0.39 is 11.4 Å². The van der Waals surface area contributed by atoms with E-state index in [0.717, 1.165) is 0 Å². The molecule has 11 heteroatoms. The zero-order valence-electron chi connectivity index (χ0n) is 18.1. The lowest BCUT2D eigenvalue weighted by Gasteiger charge is -2.11. The molecule has 0 N–H and O–H groups in total. The third-order valence-electron chi connectivity index (χ3n) is 5.40. The van der Waals surface area contributed by atoms with E-state index in [1.54, 1.807) is 66.9 Å². The second-order valence-corrected chi connectivity index (χ2v) is 8.03. The van der Waals surface area contributed by atoms with Crippen LogP contribution in [-0.2, 0) is 18.4 Å². The van der Waals surface area contributed by atoms with Crippen LogP contribution in [0.5, 0.6) is 0 Å². The lowest BCUT2D eigenvalue weighted by molar-refractivity contribution is 0.0450. The molecule has 0 amide bonds. The first-order valence-electron chi connectivity index (χ1n) is 10.2. The number of aromatic nitrogens is 6. The highest BCUT2D eigenvalue weighted by Gasteiger charge is 2.20. The summed E-state index contributed by atoms with van der Waals surface area (Å²) in [5.74, 6) is -0.313. The molecule has 0 bridgehead atoms.